The normalized spacial score (nSPS) is 15.0. The van der Waals surface area contributed by atoms with Crippen molar-refractivity contribution >= 4 is 11.9 Å². The van der Waals surface area contributed by atoms with Gasteiger partial charge in [-0.25, -0.2) is 9.97 Å². The Morgan fingerprint density at radius 1 is 1.31 bits per heavy atom. The minimum Gasteiger partial charge on any atom is -0.368 e. The summed E-state index contributed by atoms with van der Waals surface area (Å²) in [5, 5.41) is 7.37. The highest BCUT2D eigenvalue weighted by Crippen LogP contribution is 2.23. The maximum Gasteiger partial charge on any atom is 0.253 e. The van der Waals surface area contributed by atoms with Gasteiger partial charge in [0.05, 0.1) is 0 Å². The second-order valence-electron chi connectivity index (χ2n) is 3.67. The van der Waals surface area contributed by atoms with Crippen LogP contribution in [0.1, 0.15) is 12.8 Å². The summed E-state index contributed by atoms with van der Waals surface area (Å²) in [4.78, 5) is 12.2. The lowest BCUT2D eigenvalue weighted by Gasteiger charge is -1.98. The predicted molar refractivity (Wildman–Crippen MR) is 58.0 cm³/mol. The molecule has 0 amide bonds. The first-order chi connectivity index (χ1) is 7.83. The molecule has 3 N–H and O–H groups in total. The van der Waals surface area contributed by atoms with Crippen LogP contribution in [0.25, 0.3) is 5.95 Å². The van der Waals surface area contributed by atoms with Crippen LogP contribution in [-0.2, 0) is 0 Å². The van der Waals surface area contributed by atoms with Gasteiger partial charge in [0.1, 0.15) is 0 Å². The van der Waals surface area contributed by atoms with Gasteiger partial charge < -0.3 is 11.1 Å². The van der Waals surface area contributed by atoms with Gasteiger partial charge >= 0.3 is 0 Å². The summed E-state index contributed by atoms with van der Waals surface area (Å²) in [5.74, 6) is 1.25. The molecule has 0 saturated heterocycles. The zero-order valence-electron chi connectivity index (χ0n) is 8.54. The number of hydrogen-bond donors (Lipinski definition) is 2. The zero-order valence-corrected chi connectivity index (χ0v) is 8.54. The number of anilines is 2. The molecule has 0 aromatic carbocycles. The second kappa shape index (κ2) is 3.44. The highest BCUT2D eigenvalue weighted by Gasteiger charge is 2.23. The van der Waals surface area contributed by atoms with Crippen LogP contribution in [0.3, 0.4) is 0 Å². The third kappa shape index (κ3) is 1.67. The van der Waals surface area contributed by atoms with Crippen LogP contribution in [0.5, 0.6) is 0 Å². The maximum absolute atomic E-state index is 5.74. The Labute approximate surface area is 91.7 Å². The zero-order chi connectivity index (χ0) is 11.0. The van der Waals surface area contributed by atoms with E-state index >= 15 is 0 Å². The molecule has 0 aliphatic heterocycles. The molecule has 3 rings (SSSR count). The van der Waals surface area contributed by atoms with E-state index in [-0.39, 0.29) is 5.95 Å². The van der Waals surface area contributed by atoms with Crippen LogP contribution >= 0.6 is 0 Å². The van der Waals surface area contributed by atoms with Gasteiger partial charge in [0, 0.05) is 18.4 Å². The van der Waals surface area contributed by atoms with Gasteiger partial charge in [-0.2, -0.15) is 9.67 Å². The summed E-state index contributed by atoms with van der Waals surface area (Å²) < 4.78 is 1.42. The number of rotatable bonds is 3. The summed E-state index contributed by atoms with van der Waals surface area (Å²) >= 11 is 0. The Morgan fingerprint density at radius 2 is 2.06 bits per heavy atom. The summed E-state index contributed by atoms with van der Waals surface area (Å²) in [6, 6.07) is 2.23. The lowest BCUT2D eigenvalue weighted by atomic mass is 10.7. The Bertz CT molecular complexity index is 488. The average molecular weight is 217 g/mol. The van der Waals surface area contributed by atoms with Crippen molar-refractivity contribution in [3.05, 3.63) is 18.5 Å². The van der Waals surface area contributed by atoms with Crippen molar-refractivity contribution in [1.29, 1.82) is 0 Å². The Hall–Kier alpha value is -2.18. The summed E-state index contributed by atoms with van der Waals surface area (Å²) in [6.45, 7) is 0. The third-order valence-corrected chi connectivity index (χ3v) is 2.28. The monoisotopic (exact) mass is 217 g/mol. The van der Waals surface area contributed by atoms with Crippen molar-refractivity contribution in [2.75, 3.05) is 11.1 Å². The highest BCUT2D eigenvalue weighted by atomic mass is 15.5. The molecule has 0 radical (unpaired) electrons. The van der Waals surface area contributed by atoms with Crippen molar-refractivity contribution in [3.8, 4) is 5.95 Å². The largest absolute Gasteiger partial charge is 0.368 e. The molecule has 7 heteroatoms. The number of hydrogen-bond acceptors (Lipinski definition) is 6. The van der Waals surface area contributed by atoms with Crippen molar-refractivity contribution in [2.45, 2.75) is 18.9 Å². The van der Waals surface area contributed by atoms with Crippen molar-refractivity contribution in [1.82, 2.24) is 24.7 Å². The van der Waals surface area contributed by atoms with Crippen LogP contribution in [0.4, 0.5) is 11.9 Å². The van der Waals surface area contributed by atoms with Crippen LogP contribution in [0.15, 0.2) is 18.5 Å². The smallest absolute Gasteiger partial charge is 0.253 e. The van der Waals surface area contributed by atoms with E-state index in [0.29, 0.717) is 17.9 Å². The fraction of sp³-hybridized carbons (Fsp3) is 0.333. The van der Waals surface area contributed by atoms with Gasteiger partial charge in [0.25, 0.3) is 5.95 Å². The lowest BCUT2D eigenvalue weighted by molar-refractivity contribution is 0.816. The quantitative estimate of drug-likeness (QED) is 0.763. The molecule has 1 saturated carbocycles. The van der Waals surface area contributed by atoms with E-state index in [1.807, 2.05) is 0 Å². The number of aromatic nitrogens is 5. The van der Waals surface area contributed by atoms with Gasteiger partial charge in [-0.15, -0.1) is 5.10 Å². The van der Waals surface area contributed by atoms with Crippen LogP contribution < -0.4 is 11.1 Å². The van der Waals surface area contributed by atoms with Gasteiger partial charge in [-0.1, -0.05) is 0 Å². The Kier molecular flexibility index (Phi) is 1.95. The molecule has 2 aromatic rings. The second-order valence-corrected chi connectivity index (χ2v) is 3.67. The van der Waals surface area contributed by atoms with Crippen LogP contribution in [0.2, 0.25) is 0 Å². The molecule has 2 heterocycles. The predicted octanol–water partition coefficient (Wildman–Crippen LogP) is 0.214. The highest BCUT2D eigenvalue weighted by molar-refractivity contribution is 5.37. The van der Waals surface area contributed by atoms with E-state index in [1.54, 1.807) is 18.5 Å². The minimum atomic E-state index is 0.286. The fourth-order valence-electron chi connectivity index (χ4n) is 1.34. The molecule has 2 aromatic heterocycles. The molecule has 1 fully saturated rings. The van der Waals surface area contributed by atoms with Crippen molar-refractivity contribution < 1.29 is 0 Å². The lowest BCUT2D eigenvalue weighted by Crippen LogP contribution is -2.07. The molecule has 1 aliphatic rings. The van der Waals surface area contributed by atoms with Gasteiger partial charge in [0.2, 0.25) is 11.9 Å². The van der Waals surface area contributed by atoms with Crippen molar-refractivity contribution in [2.24, 2.45) is 0 Å². The average Bonchev–Trinajstić information content (AvgIpc) is 3.03. The van der Waals surface area contributed by atoms with Gasteiger partial charge in [0.15, 0.2) is 0 Å². The summed E-state index contributed by atoms with van der Waals surface area (Å²) in [7, 11) is 0. The molecule has 1 aliphatic carbocycles. The summed E-state index contributed by atoms with van der Waals surface area (Å²) in [6.07, 6.45) is 5.60. The fourth-order valence-corrected chi connectivity index (χ4v) is 1.34. The summed E-state index contributed by atoms with van der Waals surface area (Å²) in [5.41, 5.74) is 5.74. The number of nitrogens with zero attached hydrogens (tertiary/aromatic N) is 5. The molecular formula is C9H11N7. The van der Waals surface area contributed by atoms with Gasteiger partial charge in [-0.05, 0) is 18.9 Å². The van der Waals surface area contributed by atoms with Crippen LogP contribution in [-0.4, -0.2) is 30.8 Å². The van der Waals surface area contributed by atoms with Gasteiger partial charge in [-0.3, -0.25) is 0 Å². The van der Waals surface area contributed by atoms with E-state index in [9.17, 15) is 0 Å². The molecule has 0 bridgehead atoms. The van der Waals surface area contributed by atoms with E-state index in [0.717, 1.165) is 12.8 Å². The van der Waals surface area contributed by atoms with Crippen LogP contribution in [0, 0.1) is 0 Å². The number of nitrogens with one attached hydrogen (secondary N) is 1. The first-order valence-electron chi connectivity index (χ1n) is 5.09. The van der Waals surface area contributed by atoms with E-state index < -0.39 is 0 Å². The van der Waals surface area contributed by atoms with E-state index in [1.165, 1.54) is 4.68 Å². The molecule has 0 atom stereocenters. The Balaban J connectivity index is 1.91. The topological polar surface area (TPSA) is 94.5 Å². The molecule has 82 valence electrons. The Morgan fingerprint density at radius 3 is 2.75 bits per heavy atom. The number of nitrogens with two attached hydrogens (primary N) is 1. The molecule has 0 unspecified atom stereocenters. The minimum absolute atomic E-state index is 0.286. The van der Waals surface area contributed by atoms with E-state index in [2.05, 4.69) is 25.4 Å². The first kappa shape index (κ1) is 9.08. The molecule has 7 nitrogen and oxygen atoms in total. The van der Waals surface area contributed by atoms with Crippen molar-refractivity contribution in [3.63, 3.8) is 0 Å². The third-order valence-electron chi connectivity index (χ3n) is 2.28. The van der Waals surface area contributed by atoms with E-state index in [4.69, 9.17) is 5.73 Å². The number of nitrogen functional groups attached to an aromatic ring is 1. The maximum atomic E-state index is 5.74. The molecule has 16 heavy (non-hydrogen) atoms. The molecule has 0 spiro atoms. The SMILES string of the molecule is Nc1nc(NC2CC2)nn1-c1ncccn1. The molecular weight excluding hydrogens is 206 g/mol. The standard InChI is InChI=1S/C9H11N7/c10-7-14-8(13-6-2-3-6)15-16(7)9-11-4-1-5-12-9/h1,4-6H,2-3H2,(H3,10,13,14,15). The first-order valence-corrected chi connectivity index (χ1v) is 5.09.